The van der Waals surface area contributed by atoms with Gasteiger partial charge in [-0.3, -0.25) is 14.5 Å². The van der Waals surface area contributed by atoms with Gasteiger partial charge in [-0.25, -0.2) is 0 Å². The van der Waals surface area contributed by atoms with E-state index in [9.17, 15) is 9.59 Å². The highest BCUT2D eigenvalue weighted by atomic mass is 16.5. The molecule has 0 bridgehead atoms. The molecule has 0 aromatic heterocycles. The lowest BCUT2D eigenvalue weighted by Gasteiger charge is -2.43. The zero-order chi connectivity index (χ0) is 18.4. The van der Waals surface area contributed by atoms with Crippen molar-refractivity contribution in [1.82, 2.24) is 15.1 Å². The van der Waals surface area contributed by atoms with Crippen LogP contribution in [0.4, 0.5) is 0 Å². The number of nitrogens with one attached hydrogen (secondary N) is 1. The van der Waals surface area contributed by atoms with Crippen molar-refractivity contribution in [2.24, 2.45) is 5.92 Å². The molecule has 1 saturated carbocycles. The number of nitrogens with zero attached hydrogens (tertiary/aromatic N) is 2. The Morgan fingerprint density at radius 3 is 2.23 bits per heavy atom. The number of rotatable bonds is 6. The van der Waals surface area contributed by atoms with Gasteiger partial charge in [0, 0.05) is 64.3 Å². The summed E-state index contributed by atoms with van der Waals surface area (Å²) in [6, 6.07) is 1.05. The number of hydrogen-bond donors (Lipinski definition) is 1. The molecule has 6 nitrogen and oxygen atoms in total. The van der Waals surface area contributed by atoms with Gasteiger partial charge in [0.1, 0.15) is 0 Å². The fourth-order valence-corrected chi connectivity index (χ4v) is 4.83. The summed E-state index contributed by atoms with van der Waals surface area (Å²) in [6.07, 6.45) is 8.72. The molecule has 0 atom stereocenters. The van der Waals surface area contributed by atoms with Crippen molar-refractivity contribution in [3.05, 3.63) is 0 Å². The number of ether oxygens (including phenoxy) is 1. The molecule has 0 spiro atoms. The molecule has 3 aliphatic rings. The monoisotopic (exact) mass is 365 g/mol. The van der Waals surface area contributed by atoms with Crippen molar-refractivity contribution in [3.63, 3.8) is 0 Å². The van der Waals surface area contributed by atoms with Crippen LogP contribution in [0.2, 0.25) is 0 Å². The van der Waals surface area contributed by atoms with Gasteiger partial charge < -0.3 is 15.0 Å². The van der Waals surface area contributed by atoms with Crippen molar-refractivity contribution in [2.45, 2.75) is 70.4 Å². The molecule has 2 amide bonds. The first kappa shape index (κ1) is 19.6. The van der Waals surface area contributed by atoms with Crippen LogP contribution < -0.4 is 5.32 Å². The third-order valence-corrected chi connectivity index (χ3v) is 6.43. The molecular formula is C20H35N3O3. The van der Waals surface area contributed by atoms with E-state index in [1.54, 1.807) is 6.92 Å². The Hall–Kier alpha value is -1.14. The van der Waals surface area contributed by atoms with E-state index in [2.05, 4.69) is 10.2 Å². The third kappa shape index (κ3) is 5.19. The van der Waals surface area contributed by atoms with Gasteiger partial charge in [0.2, 0.25) is 11.8 Å². The summed E-state index contributed by atoms with van der Waals surface area (Å²) in [7, 11) is 0. The van der Waals surface area contributed by atoms with E-state index < -0.39 is 0 Å². The van der Waals surface area contributed by atoms with E-state index in [0.29, 0.717) is 12.1 Å². The van der Waals surface area contributed by atoms with Crippen molar-refractivity contribution in [3.8, 4) is 0 Å². The zero-order valence-electron chi connectivity index (χ0n) is 16.3. The lowest BCUT2D eigenvalue weighted by atomic mass is 9.97. The molecule has 2 saturated heterocycles. The minimum absolute atomic E-state index is 0.185. The van der Waals surface area contributed by atoms with Gasteiger partial charge in [-0.15, -0.1) is 0 Å². The third-order valence-electron chi connectivity index (χ3n) is 6.43. The van der Waals surface area contributed by atoms with Gasteiger partial charge in [-0.05, 0) is 38.5 Å². The molecule has 148 valence electrons. The minimum Gasteiger partial charge on any atom is -0.381 e. The Bertz CT molecular complexity index is 465. The Morgan fingerprint density at radius 1 is 1.00 bits per heavy atom. The molecule has 3 fully saturated rings. The van der Waals surface area contributed by atoms with Crippen LogP contribution in [0.1, 0.15) is 58.3 Å². The Balaban J connectivity index is 1.51. The molecule has 6 heteroatoms. The summed E-state index contributed by atoms with van der Waals surface area (Å²) in [5.41, 5.74) is 0. The van der Waals surface area contributed by atoms with Crippen LogP contribution in [0.3, 0.4) is 0 Å². The van der Waals surface area contributed by atoms with Crippen LogP contribution in [-0.2, 0) is 14.3 Å². The van der Waals surface area contributed by atoms with E-state index >= 15 is 0 Å². The van der Waals surface area contributed by atoms with Crippen LogP contribution in [0.5, 0.6) is 0 Å². The number of hydrogen-bond acceptors (Lipinski definition) is 4. The van der Waals surface area contributed by atoms with Crippen molar-refractivity contribution >= 4 is 11.8 Å². The molecule has 3 rings (SSSR count). The summed E-state index contributed by atoms with van der Waals surface area (Å²) in [6.45, 7) is 6.69. The Kier molecular flexibility index (Phi) is 7.32. The van der Waals surface area contributed by atoms with E-state index in [1.165, 1.54) is 12.8 Å². The van der Waals surface area contributed by atoms with E-state index in [0.717, 1.165) is 77.9 Å². The molecule has 0 aromatic carbocycles. The topological polar surface area (TPSA) is 61.9 Å². The van der Waals surface area contributed by atoms with Crippen molar-refractivity contribution in [2.75, 3.05) is 39.4 Å². The fourth-order valence-electron chi connectivity index (χ4n) is 4.83. The maximum absolute atomic E-state index is 12.3. The van der Waals surface area contributed by atoms with Gasteiger partial charge in [-0.2, -0.15) is 0 Å². The Labute approximate surface area is 157 Å². The normalized spacial score (nSPS) is 23.5. The van der Waals surface area contributed by atoms with Gasteiger partial charge in [0.05, 0.1) is 0 Å². The van der Waals surface area contributed by atoms with E-state index in [1.807, 2.05) is 4.90 Å². The van der Waals surface area contributed by atoms with Gasteiger partial charge in [-0.1, -0.05) is 12.8 Å². The number of carbonyl (C=O) groups is 2. The standard InChI is InChI=1S/C20H35N3O3/c1-16(24)22-11-6-18(7-12-22)23(19-8-14-26-15-9-19)13-10-21-20(25)17-4-2-3-5-17/h17-19H,2-15H2,1H3,(H,21,25). The number of carbonyl (C=O) groups excluding carboxylic acids is 2. The zero-order valence-corrected chi connectivity index (χ0v) is 16.3. The summed E-state index contributed by atoms with van der Waals surface area (Å²) < 4.78 is 5.55. The average Bonchev–Trinajstić information content (AvgIpc) is 3.21. The van der Waals surface area contributed by atoms with Crippen LogP contribution in [0.15, 0.2) is 0 Å². The molecule has 0 radical (unpaired) electrons. The van der Waals surface area contributed by atoms with Crippen LogP contribution in [0, 0.1) is 5.92 Å². The summed E-state index contributed by atoms with van der Waals surface area (Å²) in [4.78, 5) is 28.5. The summed E-state index contributed by atoms with van der Waals surface area (Å²) in [5, 5.41) is 3.18. The molecule has 0 aromatic rings. The highest BCUT2D eigenvalue weighted by Gasteiger charge is 2.31. The van der Waals surface area contributed by atoms with Gasteiger partial charge in [0.15, 0.2) is 0 Å². The van der Waals surface area contributed by atoms with Crippen molar-refractivity contribution < 1.29 is 14.3 Å². The number of piperidine rings is 1. The molecule has 26 heavy (non-hydrogen) atoms. The van der Waals surface area contributed by atoms with Crippen LogP contribution in [0.25, 0.3) is 0 Å². The van der Waals surface area contributed by atoms with Gasteiger partial charge in [0.25, 0.3) is 0 Å². The smallest absolute Gasteiger partial charge is 0.223 e. The SMILES string of the molecule is CC(=O)N1CCC(N(CCNC(=O)C2CCCC2)C2CCOCC2)CC1. The maximum Gasteiger partial charge on any atom is 0.223 e. The minimum atomic E-state index is 0.185. The average molecular weight is 366 g/mol. The summed E-state index contributed by atoms with van der Waals surface area (Å²) >= 11 is 0. The van der Waals surface area contributed by atoms with Gasteiger partial charge >= 0.3 is 0 Å². The molecular weight excluding hydrogens is 330 g/mol. The van der Waals surface area contributed by atoms with E-state index in [-0.39, 0.29) is 17.7 Å². The lowest BCUT2D eigenvalue weighted by Crippen LogP contribution is -2.53. The first-order valence-electron chi connectivity index (χ1n) is 10.5. The predicted octanol–water partition coefficient (Wildman–Crippen LogP) is 1.78. The van der Waals surface area contributed by atoms with E-state index in [4.69, 9.17) is 4.74 Å². The molecule has 2 heterocycles. The highest BCUT2D eigenvalue weighted by Crippen LogP contribution is 2.25. The first-order chi connectivity index (χ1) is 12.6. The second-order valence-corrected chi connectivity index (χ2v) is 8.09. The lowest BCUT2D eigenvalue weighted by molar-refractivity contribution is -0.131. The fraction of sp³-hybridized carbons (Fsp3) is 0.900. The largest absolute Gasteiger partial charge is 0.381 e. The molecule has 0 unspecified atom stereocenters. The highest BCUT2D eigenvalue weighted by molar-refractivity contribution is 5.78. The number of likely N-dealkylation sites (tertiary alicyclic amines) is 1. The Morgan fingerprint density at radius 2 is 1.62 bits per heavy atom. The van der Waals surface area contributed by atoms with Crippen LogP contribution in [-0.4, -0.2) is 73.1 Å². The molecule has 2 aliphatic heterocycles. The molecule has 1 N–H and O–H groups in total. The first-order valence-corrected chi connectivity index (χ1v) is 10.5. The molecule has 1 aliphatic carbocycles. The quantitative estimate of drug-likeness (QED) is 0.779. The number of amides is 2. The second kappa shape index (κ2) is 9.70. The maximum atomic E-state index is 12.3. The second-order valence-electron chi connectivity index (χ2n) is 8.09. The van der Waals surface area contributed by atoms with Crippen LogP contribution >= 0.6 is 0 Å². The predicted molar refractivity (Wildman–Crippen MR) is 101 cm³/mol. The van der Waals surface area contributed by atoms with Crippen molar-refractivity contribution in [1.29, 1.82) is 0 Å². The summed E-state index contributed by atoms with van der Waals surface area (Å²) in [5.74, 6) is 0.677.